The number of amides is 1. The Morgan fingerprint density at radius 2 is 2.19 bits per heavy atom. The van der Waals surface area contributed by atoms with Gasteiger partial charge in [-0.05, 0) is 33.6 Å². The van der Waals surface area contributed by atoms with Crippen LogP contribution >= 0.6 is 0 Å². The third-order valence-corrected chi connectivity index (χ3v) is 3.26. The molecule has 6 nitrogen and oxygen atoms in total. The third-order valence-electron chi connectivity index (χ3n) is 3.26. The van der Waals surface area contributed by atoms with Crippen LogP contribution in [0.15, 0.2) is 0 Å². The van der Waals surface area contributed by atoms with Gasteiger partial charge in [-0.25, -0.2) is 4.79 Å². The van der Waals surface area contributed by atoms with E-state index in [-0.39, 0.29) is 12.0 Å². The van der Waals surface area contributed by atoms with Crippen molar-refractivity contribution in [1.29, 1.82) is 10.5 Å². The molecule has 0 radical (unpaired) electrons. The summed E-state index contributed by atoms with van der Waals surface area (Å²) < 4.78 is 5.23. The molecule has 0 saturated carbocycles. The first kappa shape index (κ1) is 17.3. The highest BCUT2D eigenvalue weighted by Crippen LogP contribution is 2.15. The smallest absolute Gasteiger partial charge is 0.407 e. The first-order chi connectivity index (χ1) is 9.84. The maximum atomic E-state index is 11.7. The summed E-state index contributed by atoms with van der Waals surface area (Å²) in [6.45, 7) is 7.74. The van der Waals surface area contributed by atoms with Gasteiger partial charge in [-0.15, -0.1) is 0 Å². The highest BCUT2D eigenvalue weighted by molar-refractivity contribution is 5.68. The number of likely N-dealkylation sites (tertiary alicyclic amines) is 1. The summed E-state index contributed by atoms with van der Waals surface area (Å²) in [5, 5.41) is 20.5. The van der Waals surface area contributed by atoms with Crippen LogP contribution in [-0.2, 0) is 4.74 Å². The lowest BCUT2D eigenvalue weighted by atomic mass is 10.1. The Kier molecular flexibility index (Phi) is 6.45. The fourth-order valence-electron chi connectivity index (χ4n) is 2.34. The van der Waals surface area contributed by atoms with Gasteiger partial charge in [-0.1, -0.05) is 0 Å². The zero-order valence-corrected chi connectivity index (χ0v) is 13.1. The monoisotopic (exact) mass is 292 g/mol. The lowest BCUT2D eigenvalue weighted by Gasteiger charge is -2.22. The zero-order chi connectivity index (χ0) is 15.9. The van der Waals surface area contributed by atoms with Gasteiger partial charge in [0.1, 0.15) is 5.60 Å². The standard InChI is InChI=1S/C15H24N4O2/c1-15(2,3)21-14(20)18-13-6-8-19(11-13)10-12(9-17)5-4-7-16/h12-13H,4-6,8,10-11H2,1-3H3,(H,18,20)/t12-,13-/m1/s1. The lowest BCUT2D eigenvalue weighted by molar-refractivity contribution is 0.0505. The van der Waals surface area contributed by atoms with Crippen molar-refractivity contribution in [1.82, 2.24) is 10.2 Å². The van der Waals surface area contributed by atoms with Crippen LogP contribution in [0, 0.1) is 28.6 Å². The van der Waals surface area contributed by atoms with Crippen LogP contribution in [0.1, 0.15) is 40.0 Å². The predicted molar refractivity (Wildman–Crippen MR) is 78.2 cm³/mol. The van der Waals surface area contributed by atoms with E-state index < -0.39 is 11.7 Å². The van der Waals surface area contributed by atoms with Crippen molar-refractivity contribution >= 4 is 6.09 Å². The molecule has 0 spiro atoms. The molecule has 21 heavy (non-hydrogen) atoms. The van der Waals surface area contributed by atoms with E-state index in [4.69, 9.17) is 15.3 Å². The van der Waals surface area contributed by atoms with E-state index in [2.05, 4.69) is 22.4 Å². The van der Waals surface area contributed by atoms with Gasteiger partial charge in [-0.3, -0.25) is 4.90 Å². The summed E-state index contributed by atoms with van der Waals surface area (Å²) in [6, 6.07) is 4.38. The minimum Gasteiger partial charge on any atom is -0.444 e. The molecule has 1 fully saturated rings. The normalized spacial score (nSPS) is 20.3. The second-order valence-corrected chi connectivity index (χ2v) is 6.41. The van der Waals surface area contributed by atoms with E-state index >= 15 is 0 Å². The van der Waals surface area contributed by atoms with Gasteiger partial charge in [0.25, 0.3) is 0 Å². The molecule has 6 heteroatoms. The minimum atomic E-state index is -0.494. The quantitative estimate of drug-likeness (QED) is 0.837. The second kappa shape index (κ2) is 7.85. The number of hydrogen-bond donors (Lipinski definition) is 1. The van der Waals surface area contributed by atoms with Crippen molar-refractivity contribution < 1.29 is 9.53 Å². The zero-order valence-electron chi connectivity index (χ0n) is 13.1. The maximum absolute atomic E-state index is 11.7. The van der Waals surface area contributed by atoms with Gasteiger partial charge >= 0.3 is 6.09 Å². The van der Waals surface area contributed by atoms with Crippen LogP contribution in [0.25, 0.3) is 0 Å². The average molecular weight is 292 g/mol. The molecule has 1 aliphatic rings. The number of rotatable bonds is 5. The topological polar surface area (TPSA) is 89.2 Å². The molecule has 2 atom stereocenters. The molecule has 0 aliphatic carbocycles. The van der Waals surface area contributed by atoms with Crippen LogP contribution in [-0.4, -0.2) is 42.3 Å². The van der Waals surface area contributed by atoms with Gasteiger partial charge in [0.15, 0.2) is 0 Å². The van der Waals surface area contributed by atoms with Gasteiger partial charge in [0, 0.05) is 32.1 Å². The fourth-order valence-corrected chi connectivity index (χ4v) is 2.34. The van der Waals surface area contributed by atoms with Gasteiger partial charge in [0.2, 0.25) is 0 Å². The van der Waals surface area contributed by atoms with Crippen molar-refractivity contribution in [3.63, 3.8) is 0 Å². The molecule has 0 aromatic carbocycles. The summed E-state index contributed by atoms with van der Waals surface area (Å²) >= 11 is 0. The van der Waals surface area contributed by atoms with Crippen LogP contribution in [0.2, 0.25) is 0 Å². The van der Waals surface area contributed by atoms with E-state index in [1.807, 2.05) is 20.8 Å². The molecule has 1 saturated heterocycles. The lowest BCUT2D eigenvalue weighted by Crippen LogP contribution is -2.41. The molecule has 1 heterocycles. The number of nitrogens with one attached hydrogen (secondary N) is 1. The van der Waals surface area contributed by atoms with Crippen molar-refractivity contribution in [3.05, 3.63) is 0 Å². The molecule has 1 N–H and O–H groups in total. The number of hydrogen-bond acceptors (Lipinski definition) is 5. The summed E-state index contributed by atoms with van der Waals surface area (Å²) in [6.07, 6.45) is 1.48. The van der Waals surface area contributed by atoms with Gasteiger partial charge in [-0.2, -0.15) is 10.5 Å². The van der Waals surface area contributed by atoms with Crippen molar-refractivity contribution in [3.8, 4) is 12.1 Å². The molecule has 0 unspecified atom stereocenters. The Hall–Kier alpha value is -1.79. The average Bonchev–Trinajstić information content (AvgIpc) is 2.79. The number of ether oxygens (including phenoxy) is 1. The van der Waals surface area contributed by atoms with E-state index in [1.54, 1.807) is 0 Å². The number of nitrogens with zero attached hydrogens (tertiary/aromatic N) is 3. The van der Waals surface area contributed by atoms with Crippen LogP contribution < -0.4 is 5.32 Å². The van der Waals surface area contributed by atoms with E-state index in [0.717, 1.165) is 19.5 Å². The Morgan fingerprint density at radius 1 is 1.48 bits per heavy atom. The molecule has 1 amide bonds. The fraction of sp³-hybridized carbons (Fsp3) is 0.800. The van der Waals surface area contributed by atoms with Crippen molar-refractivity contribution in [2.24, 2.45) is 5.92 Å². The maximum Gasteiger partial charge on any atom is 0.407 e. The van der Waals surface area contributed by atoms with Crippen LogP contribution in [0.5, 0.6) is 0 Å². The number of carbonyl (C=O) groups excluding carboxylic acids is 1. The largest absolute Gasteiger partial charge is 0.444 e. The Labute approximate surface area is 126 Å². The summed E-state index contributed by atoms with van der Waals surface area (Å²) in [4.78, 5) is 13.9. The Balaban J connectivity index is 2.34. The predicted octanol–water partition coefficient (Wildman–Crippen LogP) is 2.03. The molecule has 0 bridgehead atoms. The molecule has 1 aliphatic heterocycles. The van der Waals surface area contributed by atoms with Crippen LogP contribution in [0.4, 0.5) is 4.79 Å². The number of carbonyl (C=O) groups is 1. The first-order valence-electron chi connectivity index (χ1n) is 7.32. The highest BCUT2D eigenvalue weighted by Gasteiger charge is 2.27. The third kappa shape index (κ3) is 6.97. The molecule has 1 rings (SSSR count). The number of alkyl carbamates (subject to hydrolysis) is 1. The SMILES string of the molecule is CC(C)(C)OC(=O)N[C@@H]1CCN(C[C@@H](C#N)CCC#N)C1. The molecule has 0 aromatic rings. The molecule has 0 aromatic heterocycles. The molecule has 116 valence electrons. The first-order valence-corrected chi connectivity index (χ1v) is 7.32. The Morgan fingerprint density at radius 3 is 2.76 bits per heavy atom. The van der Waals surface area contributed by atoms with E-state index in [0.29, 0.717) is 19.4 Å². The van der Waals surface area contributed by atoms with Crippen LogP contribution in [0.3, 0.4) is 0 Å². The van der Waals surface area contributed by atoms with E-state index in [9.17, 15) is 4.79 Å². The number of nitriles is 2. The van der Waals surface area contributed by atoms with Crippen molar-refractivity contribution in [2.75, 3.05) is 19.6 Å². The second-order valence-electron chi connectivity index (χ2n) is 6.41. The summed E-state index contributed by atoms with van der Waals surface area (Å²) in [7, 11) is 0. The van der Waals surface area contributed by atoms with Gasteiger partial charge < -0.3 is 10.1 Å². The Bertz CT molecular complexity index is 430. The summed E-state index contributed by atoms with van der Waals surface area (Å²) in [5.74, 6) is -0.120. The van der Waals surface area contributed by atoms with E-state index in [1.165, 1.54) is 0 Å². The molecular formula is C15H24N4O2. The summed E-state index contributed by atoms with van der Waals surface area (Å²) in [5.41, 5.74) is -0.494. The van der Waals surface area contributed by atoms with Gasteiger partial charge in [0.05, 0.1) is 18.1 Å². The minimum absolute atomic E-state index is 0.0650. The molecular weight excluding hydrogens is 268 g/mol. The van der Waals surface area contributed by atoms with Crippen molar-refractivity contribution in [2.45, 2.75) is 51.7 Å². The highest BCUT2D eigenvalue weighted by atomic mass is 16.6.